The van der Waals surface area contributed by atoms with Crippen LogP contribution in [0, 0.1) is 5.82 Å². The summed E-state index contributed by atoms with van der Waals surface area (Å²) in [5.41, 5.74) is 1.05. The summed E-state index contributed by atoms with van der Waals surface area (Å²) in [6.45, 7) is 2.98. The Morgan fingerprint density at radius 2 is 2.17 bits per heavy atom. The smallest absolute Gasteiger partial charge is 0.137 e. The summed E-state index contributed by atoms with van der Waals surface area (Å²) in [6.07, 6.45) is 6.17. The lowest BCUT2D eigenvalue weighted by Crippen LogP contribution is -2.15. The summed E-state index contributed by atoms with van der Waals surface area (Å²) in [7, 11) is 0. The Morgan fingerprint density at radius 1 is 1.33 bits per heavy atom. The minimum atomic E-state index is -0.0633. The largest absolute Gasteiger partial charge is 0.310 e. The SMILES string of the molecule is CCCCCSc1ccc(CNC2CC2)cc1F. The van der Waals surface area contributed by atoms with E-state index in [4.69, 9.17) is 0 Å². The van der Waals surface area contributed by atoms with Crippen LogP contribution in [0.4, 0.5) is 4.39 Å². The molecule has 0 bridgehead atoms. The van der Waals surface area contributed by atoms with Gasteiger partial charge in [0.2, 0.25) is 0 Å². The molecule has 100 valence electrons. The van der Waals surface area contributed by atoms with Crippen molar-refractivity contribution in [2.24, 2.45) is 0 Å². The maximum absolute atomic E-state index is 13.9. The molecular formula is C15H22FNS. The minimum Gasteiger partial charge on any atom is -0.310 e. The topological polar surface area (TPSA) is 12.0 Å². The van der Waals surface area contributed by atoms with Crippen LogP contribution in [-0.2, 0) is 6.54 Å². The van der Waals surface area contributed by atoms with Crippen LogP contribution < -0.4 is 5.32 Å². The lowest BCUT2D eigenvalue weighted by atomic mass is 10.2. The molecule has 0 heterocycles. The van der Waals surface area contributed by atoms with Gasteiger partial charge in [0.05, 0.1) is 0 Å². The first-order chi connectivity index (χ1) is 8.79. The predicted octanol–water partition coefficient (Wildman–Crippen LogP) is 4.36. The van der Waals surface area contributed by atoms with Crippen molar-refractivity contribution in [3.05, 3.63) is 29.6 Å². The average Bonchev–Trinajstić information content (AvgIpc) is 3.18. The molecule has 18 heavy (non-hydrogen) atoms. The van der Waals surface area contributed by atoms with E-state index in [1.165, 1.54) is 32.1 Å². The van der Waals surface area contributed by atoms with Crippen LogP contribution in [0.25, 0.3) is 0 Å². The summed E-state index contributed by atoms with van der Waals surface area (Å²) in [5, 5.41) is 3.41. The zero-order valence-electron chi connectivity index (χ0n) is 11.0. The van der Waals surface area contributed by atoms with E-state index < -0.39 is 0 Å². The quantitative estimate of drug-likeness (QED) is 0.555. The molecule has 0 unspecified atom stereocenters. The third kappa shape index (κ3) is 4.62. The molecule has 0 amide bonds. The molecule has 0 saturated heterocycles. The second-order valence-electron chi connectivity index (χ2n) is 4.98. The van der Waals surface area contributed by atoms with Crippen molar-refractivity contribution in [1.29, 1.82) is 0 Å². The van der Waals surface area contributed by atoms with E-state index in [-0.39, 0.29) is 5.82 Å². The Balaban J connectivity index is 1.79. The third-order valence-electron chi connectivity index (χ3n) is 3.17. The van der Waals surface area contributed by atoms with E-state index in [2.05, 4.69) is 12.2 Å². The predicted molar refractivity (Wildman–Crippen MR) is 76.5 cm³/mol. The van der Waals surface area contributed by atoms with E-state index in [1.54, 1.807) is 17.8 Å². The van der Waals surface area contributed by atoms with Crippen LogP contribution in [0.5, 0.6) is 0 Å². The number of thioether (sulfide) groups is 1. The van der Waals surface area contributed by atoms with Crippen LogP contribution in [-0.4, -0.2) is 11.8 Å². The van der Waals surface area contributed by atoms with Gasteiger partial charge in [-0.15, -0.1) is 11.8 Å². The highest BCUT2D eigenvalue weighted by atomic mass is 32.2. The van der Waals surface area contributed by atoms with Gasteiger partial charge in [0.15, 0.2) is 0 Å². The van der Waals surface area contributed by atoms with E-state index in [1.807, 2.05) is 12.1 Å². The fourth-order valence-corrected chi connectivity index (χ4v) is 2.78. The van der Waals surface area contributed by atoms with Crippen LogP contribution in [0.3, 0.4) is 0 Å². The highest BCUT2D eigenvalue weighted by molar-refractivity contribution is 7.99. The Morgan fingerprint density at radius 3 is 2.83 bits per heavy atom. The molecule has 1 nitrogen and oxygen atoms in total. The van der Waals surface area contributed by atoms with E-state index in [0.717, 1.165) is 22.8 Å². The maximum atomic E-state index is 13.9. The van der Waals surface area contributed by atoms with E-state index in [0.29, 0.717) is 6.04 Å². The van der Waals surface area contributed by atoms with Crippen molar-refractivity contribution in [2.45, 2.75) is 56.5 Å². The highest BCUT2D eigenvalue weighted by Gasteiger charge is 2.20. The van der Waals surface area contributed by atoms with Gasteiger partial charge in [-0.2, -0.15) is 0 Å². The Kier molecular flexibility index (Phi) is 5.51. The van der Waals surface area contributed by atoms with Crippen molar-refractivity contribution < 1.29 is 4.39 Å². The summed E-state index contributed by atoms with van der Waals surface area (Å²) in [6, 6.07) is 6.32. The number of nitrogens with one attached hydrogen (secondary N) is 1. The molecule has 1 saturated carbocycles. The third-order valence-corrected chi connectivity index (χ3v) is 4.31. The van der Waals surface area contributed by atoms with Crippen molar-refractivity contribution in [2.75, 3.05) is 5.75 Å². The lowest BCUT2D eigenvalue weighted by molar-refractivity contribution is 0.595. The van der Waals surface area contributed by atoms with Gasteiger partial charge < -0.3 is 5.32 Å². The van der Waals surface area contributed by atoms with Crippen LogP contribution >= 0.6 is 11.8 Å². The molecular weight excluding hydrogens is 245 g/mol. The first kappa shape index (κ1) is 13.9. The van der Waals surface area contributed by atoms with Gasteiger partial charge >= 0.3 is 0 Å². The zero-order valence-corrected chi connectivity index (χ0v) is 11.9. The van der Waals surface area contributed by atoms with Gasteiger partial charge in [0.1, 0.15) is 5.82 Å². The van der Waals surface area contributed by atoms with Crippen molar-refractivity contribution in [1.82, 2.24) is 5.32 Å². The molecule has 1 aliphatic carbocycles. The number of hydrogen-bond acceptors (Lipinski definition) is 2. The van der Waals surface area contributed by atoms with Gasteiger partial charge in [-0.3, -0.25) is 0 Å². The fourth-order valence-electron chi connectivity index (χ4n) is 1.86. The van der Waals surface area contributed by atoms with Gasteiger partial charge in [-0.1, -0.05) is 25.8 Å². The van der Waals surface area contributed by atoms with Crippen LogP contribution in [0.1, 0.15) is 44.6 Å². The molecule has 0 spiro atoms. The number of halogens is 1. The zero-order chi connectivity index (χ0) is 12.8. The second kappa shape index (κ2) is 7.15. The highest BCUT2D eigenvalue weighted by Crippen LogP contribution is 2.24. The molecule has 2 rings (SSSR count). The lowest BCUT2D eigenvalue weighted by Gasteiger charge is -2.07. The molecule has 3 heteroatoms. The van der Waals surface area contributed by atoms with E-state index >= 15 is 0 Å². The van der Waals surface area contributed by atoms with Crippen molar-refractivity contribution >= 4 is 11.8 Å². The molecule has 1 N–H and O–H groups in total. The van der Waals surface area contributed by atoms with E-state index in [9.17, 15) is 4.39 Å². The van der Waals surface area contributed by atoms with Crippen molar-refractivity contribution in [3.8, 4) is 0 Å². The van der Waals surface area contributed by atoms with Crippen LogP contribution in [0.15, 0.2) is 23.1 Å². The Labute approximate surface area is 114 Å². The normalized spacial score (nSPS) is 15.0. The summed E-state index contributed by atoms with van der Waals surface area (Å²) in [5.74, 6) is 0.955. The maximum Gasteiger partial charge on any atom is 0.137 e. The molecule has 0 radical (unpaired) electrons. The van der Waals surface area contributed by atoms with Gasteiger partial charge in [-0.05, 0) is 42.7 Å². The molecule has 0 aliphatic heterocycles. The number of benzene rings is 1. The number of unbranched alkanes of at least 4 members (excludes halogenated alkanes) is 2. The monoisotopic (exact) mass is 267 g/mol. The molecule has 0 aromatic heterocycles. The van der Waals surface area contributed by atoms with Crippen LogP contribution in [0.2, 0.25) is 0 Å². The minimum absolute atomic E-state index is 0.0633. The summed E-state index contributed by atoms with van der Waals surface area (Å²) in [4.78, 5) is 0.793. The molecule has 1 aliphatic rings. The second-order valence-corrected chi connectivity index (χ2v) is 6.11. The fraction of sp³-hybridized carbons (Fsp3) is 0.600. The van der Waals surface area contributed by atoms with Crippen molar-refractivity contribution in [3.63, 3.8) is 0 Å². The van der Waals surface area contributed by atoms with Gasteiger partial charge in [0, 0.05) is 17.5 Å². The molecule has 1 aromatic carbocycles. The standard InChI is InChI=1S/C15H22FNS/c1-2-3-4-9-18-15-8-5-12(10-14(15)16)11-17-13-6-7-13/h5,8,10,13,17H,2-4,6-7,9,11H2,1H3. The first-order valence-electron chi connectivity index (χ1n) is 6.94. The molecule has 0 atom stereocenters. The summed E-state index contributed by atoms with van der Waals surface area (Å²) < 4.78 is 13.9. The average molecular weight is 267 g/mol. The Bertz CT molecular complexity index is 377. The molecule has 1 fully saturated rings. The van der Waals surface area contributed by atoms with Gasteiger partial charge in [0.25, 0.3) is 0 Å². The van der Waals surface area contributed by atoms with Gasteiger partial charge in [-0.25, -0.2) is 4.39 Å². The molecule has 1 aromatic rings. The summed E-state index contributed by atoms with van der Waals surface area (Å²) >= 11 is 1.64. The Hall–Kier alpha value is -0.540. The number of hydrogen-bond donors (Lipinski definition) is 1. The number of rotatable bonds is 8. The first-order valence-corrected chi connectivity index (χ1v) is 7.92.